The molecule has 0 unspecified atom stereocenters. The maximum Gasteiger partial charge on any atom is 0.255 e. The zero-order valence-corrected chi connectivity index (χ0v) is 15.4. The van der Waals surface area contributed by atoms with Crippen LogP contribution in [0.1, 0.15) is 13.8 Å². The number of carbonyl (C=O) groups excluding carboxylic acids is 1. The predicted molar refractivity (Wildman–Crippen MR) is 92.9 cm³/mol. The van der Waals surface area contributed by atoms with E-state index in [4.69, 9.17) is 30.2 Å². The zero-order chi connectivity index (χ0) is 17.5. The Morgan fingerprint density at radius 3 is 2.18 bits per heavy atom. The molecule has 0 radical (unpaired) electrons. The molecule has 0 atom stereocenters. The highest BCUT2D eigenvalue weighted by Gasteiger charge is 2.28. The lowest BCUT2D eigenvalue weighted by molar-refractivity contribution is -0.121. The molecule has 1 amide bonds. The summed E-state index contributed by atoms with van der Waals surface area (Å²) < 4.78 is 25.4. The first-order valence-electron chi connectivity index (χ1n) is 6.41. The molecule has 0 bridgehead atoms. The van der Waals surface area contributed by atoms with Gasteiger partial charge in [0.05, 0.1) is 0 Å². The molecule has 0 aliphatic rings. The molecule has 0 aliphatic carbocycles. The molecule has 128 valence electrons. The van der Waals surface area contributed by atoms with Gasteiger partial charge in [-0.25, -0.2) is 8.42 Å². The first-order valence-corrected chi connectivity index (χ1v) is 8.83. The van der Waals surface area contributed by atoms with Gasteiger partial charge >= 0.3 is 0 Å². The van der Waals surface area contributed by atoms with Crippen LogP contribution in [0.25, 0.3) is 0 Å². The summed E-state index contributed by atoms with van der Waals surface area (Å²) >= 11 is 9.72. The van der Waals surface area contributed by atoms with Crippen LogP contribution in [0.4, 0.5) is 0 Å². The van der Waals surface area contributed by atoms with Crippen LogP contribution in [-0.4, -0.2) is 71.9 Å². The van der Waals surface area contributed by atoms with Crippen LogP contribution in [-0.2, 0) is 14.8 Å². The minimum absolute atomic E-state index is 0.0924. The van der Waals surface area contributed by atoms with E-state index < -0.39 is 21.7 Å². The van der Waals surface area contributed by atoms with E-state index in [2.05, 4.69) is 10.7 Å². The number of sulfonamides is 1. The van der Waals surface area contributed by atoms with E-state index in [1.807, 2.05) is 6.92 Å². The second-order valence-corrected chi connectivity index (χ2v) is 6.86. The summed E-state index contributed by atoms with van der Waals surface area (Å²) in [6.07, 6.45) is 0. The van der Waals surface area contributed by atoms with Crippen molar-refractivity contribution in [1.82, 2.24) is 25.2 Å². The average molecular weight is 371 g/mol. The number of rotatable bonds is 6. The van der Waals surface area contributed by atoms with Gasteiger partial charge in [0.1, 0.15) is 5.75 Å². The fourth-order valence-electron chi connectivity index (χ4n) is 1.49. The third-order valence-electron chi connectivity index (χ3n) is 2.48. The lowest BCUT2D eigenvalue weighted by Crippen LogP contribution is -2.53. The lowest BCUT2D eigenvalue weighted by atomic mass is 10.7. The summed E-state index contributed by atoms with van der Waals surface area (Å²) in [5.74, 6) is -1.48. The molecule has 12 heteroatoms. The minimum atomic E-state index is -3.91. The molecule has 0 aromatic carbocycles. The Bertz CT molecular complexity index is 524. The molecule has 9 nitrogen and oxygen atoms in total. The van der Waals surface area contributed by atoms with Gasteiger partial charge in [0, 0.05) is 27.2 Å². The van der Waals surface area contributed by atoms with Crippen molar-refractivity contribution in [2.24, 2.45) is 5.73 Å². The smallest absolute Gasteiger partial charge is 0.255 e. The highest BCUT2D eigenvalue weighted by molar-refractivity contribution is 7.89. The van der Waals surface area contributed by atoms with E-state index in [1.54, 1.807) is 6.92 Å². The highest BCUT2D eigenvalue weighted by atomic mass is 32.2. The summed E-state index contributed by atoms with van der Waals surface area (Å²) in [5.41, 5.74) is 7.78. The van der Waals surface area contributed by atoms with E-state index in [1.165, 1.54) is 19.1 Å². The molecule has 0 aliphatic heterocycles. The monoisotopic (exact) mass is 370 g/mol. The van der Waals surface area contributed by atoms with E-state index in [-0.39, 0.29) is 16.8 Å². The summed E-state index contributed by atoms with van der Waals surface area (Å²) in [5, 5.41) is 5.33. The van der Waals surface area contributed by atoms with Crippen molar-refractivity contribution in [2.45, 2.75) is 13.8 Å². The number of nitrogens with zero attached hydrogens (tertiary/aromatic N) is 3. The molecule has 0 aromatic heterocycles. The van der Waals surface area contributed by atoms with Crippen molar-refractivity contribution < 1.29 is 13.2 Å². The second kappa shape index (κ2) is 9.02. The average Bonchev–Trinajstić information content (AvgIpc) is 2.37. The predicted octanol–water partition coefficient (Wildman–Crippen LogP) is -1.41. The van der Waals surface area contributed by atoms with Crippen molar-refractivity contribution in [2.75, 3.05) is 32.9 Å². The Morgan fingerprint density at radius 1 is 1.23 bits per heavy atom. The topological polar surface area (TPSA) is 111 Å². The molecule has 0 spiro atoms. The number of hydrogen-bond acceptors (Lipinski definition) is 5. The standard InChI is InChI=1S/C10H22N6O3S3/c1-5-12-10(21)14(3)13-8(17)7-22(18,19)16(6-2)15(4)9(11)20/h5-7H2,1-4H3,(H2,11,20)(H,12,21)(H,13,17). The van der Waals surface area contributed by atoms with Gasteiger partial charge in [-0.2, -0.15) is 0 Å². The van der Waals surface area contributed by atoms with Crippen LogP contribution < -0.4 is 16.5 Å². The van der Waals surface area contributed by atoms with Crippen LogP contribution in [0.15, 0.2) is 0 Å². The molecular formula is C10H22N6O3S3. The summed E-state index contributed by atoms with van der Waals surface area (Å²) in [7, 11) is -0.992. The second-order valence-electron chi connectivity index (χ2n) is 4.19. The van der Waals surface area contributed by atoms with Gasteiger partial charge in [0.15, 0.2) is 10.2 Å². The molecule has 0 heterocycles. The molecule has 0 fully saturated rings. The Morgan fingerprint density at radius 2 is 1.77 bits per heavy atom. The van der Waals surface area contributed by atoms with Crippen LogP contribution >= 0.6 is 24.4 Å². The molecule has 0 saturated heterocycles. The Balaban J connectivity index is 4.86. The van der Waals surface area contributed by atoms with Gasteiger partial charge in [-0.3, -0.25) is 20.2 Å². The SMILES string of the molecule is CCNC(=S)N(C)NC(=O)CS(=O)(=O)N(CC)N(C)C(N)=S. The van der Waals surface area contributed by atoms with Gasteiger partial charge in [0.2, 0.25) is 10.0 Å². The molecule has 0 aromatic rings. The van der Waals surface area contributed by atoms with Crippen LogP contribution in [0, 0.1) is 0 Å². The number of amides is 1. The lowest BCUT2D eigenvalue weighted by Gasteiger charge is -2.30. The first-order chi connectivity index (χ1) is 10.1. The summed E-state index contributed by atoms with van der Waals surface area (Å²) in [6.45, 7) is 4.13. The normalized spacial score (nSPS) is 11.0. The molecule has 0 rings (SSSR count). The van der Waals surface area contributed by atoms with E-state index in [0.717, 1.165) is 9.42 Å². The summed E-state index contributed by atoms with van der Waals surface area (Å²) in [6, 6.07) is 0. The number of hydrazine groups is 2. The van der Waals surface area contributed by atoms with Crippen molar-refractivity contribution in [3.63, 3.8) is 0 Å². The van der Waals surface area contributed by atoms with Gasteiger partial charge in [0.25, 0.3) is 5.91 Å². The molecule has 0 saturated carbocycles. The molecular weight excluding hydrogens is 348 g/mol. The maximum absolute atomic E-state index is 12.2. The quantitative estimate of drug-likeness (QED) is 0.383. The van der Waals surface area contributed by atoms with Gasteiger partial charge in [-0.15, -0.1) is 4.41 Å². The summed E-state index contributed by atoms with van der Waals surface area (Å²) in [4.78, 5) is 11.9. The first kappa shape index (κ1) is 20.8. The van der Waals surface area contributed by atoms with Crippen molar-refractivity contribution >= 4 is 50.6 Å². The molecule has 22 heavy (non-hydrogen) atoms. The number of hydrogen-bond donors (Lipinski definition) is 3. The van der Waals surface area contributed by atoms with Crippen molar-refractivity contribution in [1.29, 1.82) is 0 Å². The third kappa shape index (κ3) is 6.25. The Hall–Kier alpha value is -1.24. The number of nitrogens with two attached hydrogens (primary N) is 1. The fourth-order valence-corrected chi connectivity index (χ4v) is 3.23. The van der Waals surface area contributed by atoms with Gasteiger partial charge < -0.3 is 11.1 Å². The van der Waals surface area contributed by atoms with Crippen LogP contribution in [0.5, 0.6) is 0 Å². The largest absolute Gasteiger partial charge is 0.375 e. The highest BCUT2D eigenvalue weighted by Crippen LogP contribution is 2.05. The minimum Gasteiger partial charge on any atom is -0.375 e. The third-order valence-corrected chi connectivity index (χ3v) is 4.94. The van der Waals surface area contributed by atoms with Crippen LogP contribution in [0.2, 0.25) is 0 Å². The molecule has 4 N–H and O–H groups in total. The Labute approximate surface area is 141 Å². The van der Waals surface area contributed by atoms with E-state index in [9.17, 15) is 13.2 Å². The van der Waals surface area contributed by atoms with Crippen molar-refractivity contribution in [3.05, 3.63) is 0 Å². The zero-order valence-electron chi connectivity index (χ0n) is 13.0. The number of nitrogens with one attached hydrogen (secondary N) is 2. The maximum atomic E-state index is 12.2. The number of thiocarbonyl (C=S) groups is 2. The van der Waals surface area contributed by atoms with Crippen LogP contribution in [0.3, 0.4) is 0 Å². The van der Waals surface area contributed by atoms with E-state index >= 15 is 0 Å². The fraction of sp³-hybridized carbons (Fsp3) is 0.700. The Kier molecular flexibility index (Phi) is 8.52. The number of carbonyl (C=O) groups is 1. The van der Waals surface area contributed by atoms with Gasteiger partial charge in [-0.1, -0.05) is 0 Å². The van der Waals surface area contributed by atoms with Gasteiger partial charge in [-0.05, 0) is 38.3 Å². The van der Waals surface area contributed by atoms with E-state index in [0.29, 0.717) is 6.54 Å². The van der Waals surface area contributed by atoms with Crippen molar-refractivity contribution in [3.8, 4) is 0 Å².